The van der Waals surface area contributed by atoms with Crippen LogP contribution in [0.25, 0.3) is 0 Å². The van der Waals surface area contributed by atoms with Crippen LogP contribution in [0.1, 0.15) is 38.5 Å². The standard InChI is InChI=1S/C24H30N6O6/c25-7-1-13-31-19-20(32-14-2-8-26)22(34-16-4-10-28)24(36-18-6-12-30)23(35-17-5-11-29)21(19)33-15-3-9-27/h19-24H,1-6,13-18H2. The van der Waals surface area contributed by atoms with Gasteiger partial charge in [-0.25, -0.2) is 0 Å². The number of nitriles is 6. The Bertz CT molecular complexity index is 678. The van der Waals surface area contributed by atoms with Gasteiger partial charge in [-0.05, 0) is 0 Å². The Kier molecular flexibility index (Phi) is 17.0. The van der Waals surface area contributed by atoms with E-state index in [-0.39, 0.29) is 78.2 Å². The topological polar surface area (TPSA) is 198 Å². The van der Waals surface area contributed by atoms with Gasteiger partial charge in [0.2, 0.25) is 0 Å². The molecular formula is C24H30N6O6. The molecule has 0 radical (unpaired) electrons. The van der Waals surface area contributed by atoms with Crippen molar-refractivity contribution < 1.29 is 28.4 Å². The van der Waals surface area contributed by atoms with Gasteiger partial charge in [-0.1, -0.05) is 0 Å². The number of nitrogens with zero attached hydrogens (tertiary/aromatic N) is 6. The summed E-state index contributed by atoms with van der Waals surface area (Å²) in [7, 11) is 0. The van der Waals surface area contributed by atoms with Crippen molar-refractivity contribution in [2.24, 2.45) is 0 Å². The highest BCUT2D eigenvalue weighted by Crippen LogP contribution is 2.34. The van der Waals surface area contributed by atoms with Crippen LogP contribution < -0.4 is 0 Å². The Morgan fingerprint density at radius 3 is 0.556 bits per heavy atom. The number of hydrogen-bond donors (Lipinski definition) is 0. The molecule has 0 unspecified atom stereocenters. The summed E-state index contributed by atoms with van der Waals surface area (Å²) < 4.78 is 36.1. The third-order valence-electron chi connectivity index (χ3n) is 5.09. The zero-order chi connectivity index (χ0) is 26.4. The summed E-state index contributed by atoms with van der Waals surface area (Å²) in [6, 6.07) is 12.0. The zero-order valence-electron chi connectivity index (χ0n) is 20.1. The predicted molar refractivity (Wildman–Crippen MR) is 120 cm³/mol. The lowest BCUT2D eigenvalue weighted by Crippen LogP contribution is -2.67. The molecule has 12 heteroatoms. The van der Waals surface area contributed by atoms with Crippen LogP contribution in [-0.2, 0) is 28.4 Å². The molecule has 12 nitrogen and oxygen atoms in total. The van der Waals surface area contributed by atoms with Crippen LogP contribution >= 0.6 is 0 Å². The minimum absolute atomic E-state index is 0.0488. The van der Waals surface area contributed by atoms with Crippen LogP contribution in [0.5, 0.6) is 0 Å². The molecule has 0 amide bonds. The molecule has 0 aromatic carbocycles. The Balaban J connectivity index is 3.46. The highest BCUT2D eigenvalue weighted by atomic mass is 16.6. The van der Waals surface area contributed by atoms with Gasteiger partial charge in [0.25, 0.3) is 0 Å². The minimum Gasteiger partial charge on any atom is -0.372 e. The first-order valence-electron chi connectivity index (χ1n) is 11.6. The Morgan fingerprint density at radius 2 is 0.444 bits per heavy atom. The summed E-state index contributed by atoms with van der Waals surface area (Å²) in [5.74, 6) is 0. The average Bonchev–Trinajstić information content (AvgIpc) is 2.88. The highest BCUT2D eigenvalue weighted by Gasteiger charge is 2.54. The quantitative estimate of drug-likeness (QED) is 0.249. The fourth-order valence-electron chi connectivity index (χ4n) is 3.70. The van der Waals surface area contributed by atoms with Crippen LogP contribution in [0.15, 0.2) is 0 Å². The van der Waals surface area contributed by atoms with Crippen molar-refractivity contribution in [2.75, 3.05) is 39.6 Å². The van der Waals surface area contributed by atoms with Crippen molar-refractivity contribution in [2.45, 2.75) is 75.1 Å². The molecule has 0 saturated heterocycles. The van der Waals surface area contributed by atoms with Gasteiger partial charge >= 0.3 is 0 Å². The van der Waals surface area contributed by atoms with Crippen LogP contribution in [0.3, 0.4) is 0 Å². The Hall–Kier alpha value is -3.30. The van der Waals surface area contributed by atoms with E-state index in [1.54, 1.807) is 0 Å². The van der Waals surface area contributed by atoms with E-state index in [9.17, 15) is 0 Å². The molecule has 36 heavy (non-hydrogen) atoms. The zero-order valence-corrected chi connectivity index (χ0v) is 20.1. The summed E-state index contributed by atoms with van der Waals surface area (Å²) in [6.45, 7) is 0.293. The molecular weight excluding hydrogens is 468 g/mol. The molecule has 1 aliphatic carbocycles. The molecule has 0 bridgehead atoms. The molecule has 0 N–H and O–H groups in total. The van der Waals surface area contributed by atoms with Crippen molar-refractivity contribution in [3.63, 3.8) is 0 Å². The van der Waals surface area contributed by atoms with Crippen molar-refractivity contribution in [3.05, 3.63) is 0 Å². The number of rotatable bonds is 18. The lowest BCUT2D eigenvalue weighted by atomic mass is 9.83. The maximum absolute atomic E-state index is 9.01. The molecule has 0 aromatic rings. The second kappa shape index (κ2) is 19.9. The smallest absolute Gasteiger partial charge is 0.115 e. The van der Waals surface area contributed by atoms with Gasteiger partial charge in [-0.2, -0.15) is 31.6 Å². The van der Waals surface area contributed by atoms with Crippen LogP contribution in [-0.4, -0.2) is 76.3 Å². The maximum Gasteiger partial charge on any atom is 0.115 e. The minimum atomic E-state index is -0.842. The predicted octanol–water partition coefficient (Wildman–Crippen LogP) is 1.79. The third-order valence-corrected chi connectivity index (χ3v) is 5.09. The summed E-state index contributed by atoms with van der Waals surface area (Å²) in [5.41, 5.74) is 0. The van der Waals surface area contributed by atoms with E-state index < -0.39 is 36.6 Å². The monoisotopic (exact) mass is 498 g/mol. The molecule has 0 aromatic heterocycles. The largest absolute Gasteiger partial charge is 0.372 e. The first kappa shape index (κ1) is 30.7. The van der Waals surface area contributed by atoms with Gasteiger partial charge in [0.15, 0.2) is 0 Å². The number of hydrogen-bond acceptors (Lipinski definition) is 12. The average molecular weight is 499 g/mol. The van der Waals surface area contributed by atoms with E-state index in [4.69, 9.17) is 60.0 Å². The molecule has 1 rings (SSSR count). The number of ether oxygens (including phenoxy) is 6. The fourth-order valence-corrected chi connectivity index (χ4v) is 3.70. The van der Waals surface area contributed by atoms with Crippen molar-refractivity contribution in [1.82, 2.24) is 0 Å². The van der Waals surface area contributed by atoms with Gasteiger partial charge < -0.3 is 28.4 Å². The van der Waals surface area contributed by atoms with E-state index in [2.05, 4.69) is 0 Å². The molecule has 0 aliphatic heterocycles. The first-order valence-corrected chi connectivity index (χ1v) is 11.6. The lowest BCUT2D eigenvalue weighted by molar-refractivity contribution is -0.280. The van der Waals surface area contributed by atoms with Crippen LogP contribution in [0.4, 0.5) is 0 Å². The first-order chi connectivity index (χ1) is 17.7. The SMILES string of the molecule is N#CCCOC1C(OCCC#N)C(OCCC#N)C(OCCC#N)C(OCCC#N)C1OCCC#N. The summed E-state index contributed by atoms with van der Waals surface area (Å²) >= 11 is 0. The van der Waals surface area contributed by atoms with Crippen LogP contribution in [0, 0.1) is 68.0 Å². The van der Waals surface area contributed by atoms with Gasteiger partial charge in [-0.3, -0.25) is 0 Å². The summed E-state index contributed by atoms with van der Waals surface area (Å²) in [5, 5.41) is 54.0. The summed E-state index contributed by atoms with van der Waals surface area (Å²) in [6.07, 6.45) is -4.50. The van der Waals surface area contributed by atoms with Crippen molar-refractivity contribution in [1.29, 1.82) is 31.6 Å². The highest BCUT2D eigenvalue weighted by molar-refractivity contribution is 5.04. The van der Waals surface area contributed by atoms with Gasteiger partial charge in [0.1, 0.15) is 36.6 Å². The molecule has 192 valence electrons. The lowest BCUT2D eigenvalue weighted by Gasteiger charge is -2.49. The second-order valence-corrected chi connectivity index (χ2v) is 7.46. The molecule has 1 saturated carbocycles. The van der Waals surface area contributed by atoms with Gasteiger partial charge in [0.05, 0.1) is 115 Å². The fraction of sp³-hybridized carbons (Fsp3) is 0.750. The van der Waals surface area contributed by atoms with Crippen molar-refractivity contribution >= 4 is 0 Å². The van der Waals surface area contributed by atoms with E-state index in [0.29, 0.717) is 0 Å². The van der Waals surface area contributed by atoms with Gasteiger partial charge in [0, 0.05) is 0 Å². The molecule has 0 atom stereocenters. The third kappa shape index (κ3) is 10.5. The van der Waals surface area contributed by atoms with E-state index in [1.165, 1.54) is 0 Å². The van der Waals surface area contributed by atoms with Crippen LogP contribution in [0.2, 0.25) is 0 Å². The second-order valence-electron chi connectivity index (χ2n) is 7.46. The van der Waals surface area contributed by atoms with E-state index in [1.807, 2.05) is 36.4 Å². The maximum atomic E-state index is 9.01. The molecule has 0 spiro atoms. The van der Waals surface area contributed by atoms with Crippen molar-refractivity contribution in [3.8, 4) is 36.4 Å². The molecule has 1 aliphatic rings. The van der Waals surface area contributed by atoms with E-state index >= 15 is 0 Å². The van der Waals surface area contributed by atoms with Gasteiger partial charge in [-0.15, -0.1) is 0 Å². The Morgan fingerprint density at radius 1 is 0.306 bits per heavy atom. The summed E-state index contributed by atoms with van der Waals surface area (Å²) in [4.78, 5) is 0. The molecule has 1 fully saturated rings. The Labute approximate surface area is 211 Å². The molecule has 0 heterocycles. The normalized spacial score (nSPS) is 24.8. The van der Waals surface area contributed by atoms with E-state index in [0.717, 1.165) is 0 Å².